The number of benzene rings is 2. The van der Waals surface area contributed by atoms with Crippen molar-refractivity contribution in [3.63, 3.8) is 0 Å². The minimum absolute atomic E-state index is 0.00309. The van der Waals surface area contributed by atoms with E-state index in [4.69, 9.17) is 19.4 Å². The predicted molar refractivity (Wildman–Crippen MR) is 151 cm³/mol. The molecule has 0 bridgehead atoms. The maximum atomic E-state index is 13.8. The Bertz CT molecular complexity index is 1700. The van der Waals surface area contributed by atoms with E-state index in [1.54, 1.807) is 36.4 Å². The molecule has 1 amide bonds. The van der Waals surface area contributed by atoms with E-state index < -0.39 is 26.5 Å². The number of sulfone groups is 1. The second-order valence-corrected chi connectivity index (χ2v) is 12.4. The van der Waals surface area contributed by atoms with Gasteiger partial charge in [-0.1, -0.05) is 18.2 Å². The first-order valence-electron chi connectivity index (χ1n) is 13.4. The molecule has 11 nitrogen and oxygen atoms in total. The number of hydrogen-bond donors (Lipinski definition) is 1. The molecule has 42 heavy (non-hydrogen) atoms. The van der Waals surface area contributed by atoms with Crippen molar-refractivity contribution < 1.29 is 27.1 Å². The van der Waals surface area contributed by atoms with Crippen LogP contribution in [0.25, 0.3) is 11.4 Å². The molecule has 1 N–H and O–H groups in total. The van der Waals surface area contributed by atoms with Crippen LogP contribution in [0.5, 0.6) is 5.75 Å². The second-order valence-electron chi connectivity index (χ2n) is 10.1. The van der Waals surface area contributed by atoms with Crippen LogP contribution in [0, 0.1) is 5.82 Å². The van der Waals surface area contributed by atoms with Crippen LogP contribution in [0.3, 0.4) is 0 Å². The topological polar surface area (TPSA) is 136 Å². The summed E-state index contributed by atoms with van der Waals surface area (Å²) < 4.78 is 50.7. The molecule has 216 valence electrons. The smallest absolute Gasteiger partial charge is 0.410 e. The zero-order chi connectivity index (χ0) is 29.3. The van der Waals surface area contributed by atoms with Crippen LogP contribution in [-0.4, -0.2) is 60.2 Å². The van der Waals surface area contributed by atoms with Gasteiger partial charge in [0.25, 0.3) is 0 Å². The van der Waals surface area contributed by atoms with Crippen molar-refractivity contribution in [2.75, 3.05) is 30.0 Å². The van der Waals surface area contributed by atoms with Gasteiger partial charge in [-0.15, -0.1) is 0 Å². The van der Waals surface area contributed by atoms with Crippen LogP contribution >= 0.6 is 0 Å². The van der Waals surface area contributed by atoms with Gasteiger partial charge in [0.2, 0.25) is 5.95 Å². The highest BCUT2D eigenvalue weighted by Gasteiger charge is 2.58. The van der Waals surface area contributed by atoms with Gasteiger partial charge in [-0.3, -0.25) is 5.32 Å². The van der Waals surface area contributed by atoms with Crippen LogP contribution in [0.2, 0.25) is 0 Å². The molecule has 6 rings (SSSR count). The summed E-state index contributed by atoms with van der Waals surface area (Å²) in [7, 11) is -3.90. The van der Waals surface area contributed by atoms with Crippen molar-refractivity contribution in [1.82, 2.24) is 19.9 Å². The van der Waals surface area contributed by atoms with Crippen LogP contribution in [0.15, 0.2) is 78.0 Å². The molecule has 1 atom stereocenters. The van der Waals surface area contributed by atoms with Crippen LogP contribution in [-0.2, 0) is 19.3 Å². The number of nitrogens with one attached hydrogen (secondary N) is 1. The van der Waals surface area contributed by atoms with E-state index in [-0.39, 0.29) is 22.7 Å². The van der Waals surface area contributed by atoms with E-state index >= 15 is 0 Å². The fourth-order valence-corrected chi connectivity index (χ4v) is 6.81. The number of carbonyl (C=O) groups is 1. The van der Waals surface area contributed by atoms with Gasteiger partial charge in [-0.25, -0.2) is 37.5 Å². The van der Waals surface area contributed by atoms with Crippen molar-refractivity contribution in [2.24, 2.45) is 0 Å². The van der Waals surface area contributed by atoms with Crippen molar-refractivity contribution >= 4 is 27.7 Å². The monoisotopic (exact) mass is 590 g/mol. The number of hydrogen-bond acceptors (Lipinski definition) is 10. The molecule has 1 saturated carbocycles. The maximum absolute atomic E-state index is 13.8. The van der Waals surface area contributed by atoms with Gasteiger partial charge < -0.3 is 14.4 Å². The van der Waals surface area contributed by atoms with Crippen LogP contribution in [0.4, 0.5) is 21.0 Å². The molecule has 13 heteroatoms. The molecule has 1 aliphatic carbocycles. The molecular weight excluding hydrogens is 563 g/mol. The summed E-state index contributed by atoms with van der Waals surface area (Å²) in [6.45, 7) is 3.56. The number of aromatic nitrogens is 4. The summed E-state index contributed by atoms with van der Waals surface area (Å²) in [4.78, 5) is 32.2. The molecule has 1 aliphatic heterocycles. The number of rotatable bonds is 7. The molecule has 0 radical (unpaired) electrons. The Balaban J connectivity index is 1.33. The van der Waals surface area contributed by atoms with E-state index in [9.17, 15) is 17.6 Å². The summed E-state index contributed by atoms with van der Waals surface area (Å²) in [5, 5.41) is 2.47. The van der Waals surface area contributed by atoms with Crippen LogP contribution < -0.4 is 15.0 Å². The average Bonchev–Trinajstić information content (AvgIpc) is 3.81. The standard InChI is InChI=1S/C29H27FN6O5S/c1-19-18-40-14-13-36(19)25-15-24(29(11-12-29)42(38,39)23-9-7-21(30)8-10-23)33-26(34-25)20-16-31-27(32-17-20)35-28(37)41-22-5-3-2-4-6-22/h2-10,15-17,19H,11-14,18H2,1H3,(H,31,32,35,37)/t19-/m0/s1. The number of morpholine rings is 1. The normalized spacial score (nSPS) is 17.9. The van der Waals surface area contributed by atoms with Gasteiger partial charge in [0.1, 0.15) is 22.1 Å². The quantitative estimate of drug-likeness (QED) is 0.309. The highest BCUT2D eigenvalue weighted by atomic mass is 32.2. The van der Waals surface area contributed by atoms with Crippen molar-refractivity contribution in [2.45, 2.75) is 35.4 Å². The third kappa shape index (κ3) is 5.40. The van der Waals surface area contributed by atoms with Gasteiger partial charge in [0.15, 0.2) is 15.7 Å². The maximum Gasteiger partial charge on any atom is 0.419 e. The number of ether oxygens (including phenoxy) is 2. The average molecular weight is 591 g/mol. The van der Waals surface area contributed by atoms with Gasteiger partial charge in [0.05, 0.1) is 35.4 Å². The van der Waals surface area contributed by atoms with E-state index in [1.807, 2.05) is 6.92 Å². The molecular formula is C29H27FN6O5S. The molecule has 0 spiro atoms. The van der Waals surface area contributed by atoms with Gasteiger partial charge in [0, 0.05) is 25.0 Å². The number of halogens is 1. The van der Waals surface area contributed by atoms with E-state index in [1.165, 1.54) is 24.5 Å². The van der Waals surface area contributed by atoms with Gasteiger partial charge in [-0.2, -0.15) is 0 Å². The first-order valence-corrected chi connectivity index (χ1v) is 14.8. The SMILES string of the molecule is C[C@H]1COCCN1c1cc(C2(S(=O)(=O)c3ccc(F)cc3)CC2)nc(-c2cnc(NC(=O)Oc3ccccc3)nc2)n1. The minimum Gasteiger partial charge on any atom is -0.410 e. The summed E-state index contributed by atoms with van der Waals surface area (Å²) in [6, 6.07) is 15.1. The lowest BCUT2D eigenvalue weighted by molar-refractivity contribution is 0.0985. The lowest BCUT2D eigenvalue weighted by Crippen LogP contribution is -2.44. The lowest BCUT2D eigenvalue weighted by atomic mass is 10.2. The Hall–Kier alpha value is -4.49. The van der Waals surface area contributed by atoms with Gasteiger partial charge in [-0.05, 0) is 56.2 Å². The summed E-state index contributed by atoms with van der Waals surface area (Å²) >= 11 is 0. The second kappa shape index (κ2) is 11.1. The molecule has 2 fully saturated rings. The van der Waals surface area contributed by atoms with Crippen molar-refractivity contribution in [3.05, 3.63) is 84.6 Å². The Kier molecular flexibility index (Phi) is 7.29. The third-order valence-electron chi connectivity index (χ3n) is 7.26. The predicted octanol–water partition coefficient (Wildman–Crippen LogP) is 4.37. The van der Waals surface area contributed by atoms with E-state index in [0.29, 0.717) is 55.4 Å². The number of para-hydroxylation sites is 1. The highest BCUT2D eigenvalue weighted by Crippen LogP contribution is 2.55. The first-order chi connectivity index (χ1) is 20.2. The van der Waals surface area contributed by atoms with Crippen molar-refractivity contribution in [1.29, 1.82) is 0 Å². The first kappa shape index (κ1) is 27.7. The molecule has 2 aromatic carbocycles. The lowest BCUT2D eigenvalue weighted by Gasteiger charge is -2.34. The molecule has 1 saturated heterocycles. The van der Waals surface area contributed by atoms with E-state index in [2.05, 4.69) is 20.2 Å². The Morgan fingerprint density at radius 1 is 1.07 bits per heavy atom. The highest BCUT2D eigenvalue weighted by molar-refractivity contribution is 7.92. The largest absolute Gasteiger partial charge is 0.419 e. The number of nitrogens with zero attached hydrogens (tertiary/aromatic N) is 5. The number of amides is 1. The third-order valence-corrected chi connectivity index (χ3v) is 9.80. The Morgan fingerprint density at radius 3 is 2.45 bits per heavy atom. The Morgan fingerprint density at radius 2 is 1.79 bits per heavy atom. The van der Waals surface area contributed by atoms with Crippen molar-refractivity contribution in [3.8, 4) is 17.1 Å². The van der Waals surface area contributed by atoms with Crippen LogP contribution in [0.1, 0.15) is 25.5 Å². The van der Waals surface area contributed by atoms with E-state index in [0.717, 1.165) is 12.1 Å². The summed E-state index contributed by atoms with van der Waals surface area (Å²) in [5.41, 5.74) is 0.773. The molecule has 2 aliphatic rings. The molecule has 4 aromatic rings. The number of anilines is 2. The minimum atomic E-state index is -3.90. The summed E-state index contributed by atoms with van der Waals surface area (Å²) in [6.07, 6.45) is 2.88. The zero-order valence-electron chi connectivity index (χ0n) is 22.6. The molecule has 2 aromatic heterocycles. The fourth-order valence-electron chi connectivity index (χ4n) is 4.85. The zero-order valence-corrected chi connectivity index (χ0v) is 23.4. The molecule has 3 heterocycles. The summed E-state index contributed by atoms with van der Waals surface area (Å²) in [5.74, 6) is 0.653. The fraction of sp³-hybridized carbons (Fsp3) is 0.276. The molecule has 0 unspecified atom stereocenters. The Labute approximate surface area is 241 Å². The van der Waals surface area contributed by atoms with Gasteiger partial charge >= 0.3 is 6.09 Å². The number of carbonyl (C=O) groups excluding carboxylic acids is 1.